The van der Waals surface area contributed by atoms with Crippen molar-refractivity contribution in [2.45, 2.75) is 98.3 Å². The van der Waals surface area contributed by atoms with Crippen LogP contribution in [0.1, 0.15) is 97.5 Å². The molecular weight excluding hydrogens is 494 g/mol. The van der Waals surface area contributed by atoms with E-state index in [0.29, 0.717) is 26.1 Å². The van der Waals surface area contributed by atoms with Crippen molar-refractivity contribution in [2.75, 3.05) is 34.0 Å². The molecule has 0 atom stereocenters. The van der Waals surface area contributed by atoms with Crippen LogP contribution in [0.5, 0.6) is 11.5 Å². The maximum absolute atomic E-state index is 13.6. The SMILES string of the molecule is COCCCOc1cc(CCCCCCC(C(=O)NCC2(C(=O)O)CCCC2)(C(C)C)C(C)C)ccc1OC. The lowest BCUT2D eigenvalue weighted by Gasteiger charge is -2.41. The third-order valence-corrected chi connectivity index (χ3v) is 8.87. The summed E-state index contributed by atoms with van der Waals surface area (Å²) in [5, 5.41) is 12.9. The maximum Gasteiger partial charge on any atom is 0.311 e. The lowest BCUT2D eigenvalue weighted by Crippen LogP contribution is -2.51. The second kappa shape index (κ2) is 16.1. The third kappa shape index (κ3) is 8.86. The molecule has 1 aliphatic rings. The normalized spacial score (nSPS) is 15.1. The van der Waals surface area contributed by atoms with Crippen LogP contribution in [-0.2, 0) is 20.7 Å². The first-order valence-electron chi connectivity index (χ1n) is 14.9. The van der Waals surface area contributed by atoms with E-state index in [9.17, 15) is 14.7 Å². The van der Waals surface area contributed by atoms with Crippen LogP contribution in [0.3, 0.4) is 0 Å². The van der Waals surface area contributed by atoms with Crippen molar-refractivity contribution >= 4 is 11.9 Å². The van der Waals surface area contributed by atoms with Gasteiger partial charge in [-0.05, 0) is 61.6 Å². The summed E-state index contributed by atoms with van der Waals surface area (Å²) >= 11 is 0. The van der Waals surface area contributed by atoms with E-state index in [1.54, 1.807) is 14.2 Å². The number of aryl methyl sites for hydroxylation is 1. The van der Waals surface area contributed by atoms with Crippen molar-refractivity contribution in [2.24, 2.45) is 22.7 Å². The molecule has 39 heavy (non-hydrogen) atoms. The molecule has 7 nitrogen and oxygen atoms in total. The van der Waals surface area contributed by atoms with E-state index in [1.807, 2.05) is 6.07 Å². The first-order chi connectivity index (χ1) is 18.6. The highest BCUT2D eigenvalue weighted by Crippen LogP contribution is 2.43. The van der Waals surface area contributed by atoms with Gasteiger partial charge in [0.25, 0.3) is 0 Å². The zero-order valence-electron chi connectivity index (χ0n) is 25.3. The molecule has 1 saturated carbocycles. The predicted octanol–water partition coefficient (Wildman–Crippen LogP) is 6.66. The molecule has 0 bridgehead atoms. The Balaban J connectivity index is 1.89. The molecule has 0 aromatic heterocycles. The number of methoxy groups -OCH3 is 2. The highest BCUT2D eigenvalue weighted by atomic mass is 16.5. The van der Waals surface area contributed by atoms with Crippen LogP contribution in [0.4, 0.5) is 0 Å². The van der Waals surface area contributed by atoms with Gasteiger partial charge in [-0.2, -0.15) is 0 Å². The average molecular weight is 548 g/mol. The van der Waals surface area contributed by atoms with Crippen molar-refractivity contribution < 1.29 is 28.9 Å². The molecule has 1 aliphatic carbocycles. The predicted molar refractivity (Wildman–Crippen MR) is 155 cm³/mol. The number of unbranched alkanes of at least 4 members (excludes halogenated alkanes) is 3. The van der Waals surface area contributed by atoms with Crippen LogP contribution in [0.25, 0.3) is 0 Å². The van der Waals surface area contributed by atoms with Gasteiger partial charge in [-0.1, -0.05) is 65.9 Å². The molecular formula is C32H53NO6. The lowest BCUT2D eigenvalue weighted by molar-refractivity contribution is -0.149. The van der Waals surface area contributed by atoms with E-state index >= 15 is 0 Å². The highest BCUT2D eigenvalue weighted by molar-refractivity contribution is 5.84. The number of carbonyl (C=O) groups is 2. The number of nitrogens with one attached hydrogen (secondary N) is 1. The zero-order valence-corrected chi connectivity index (χ0v) is 25.3. The van der Waals surface area contributed by atoms with Gasteiger partial charge in [0.15, 0.2) is 11.5 Å². The van der Waals surface area contributed by atoms with Crippen molar-refractivity contribution in [1.82, 2.24) is 5.32 Å². The van der Waals surface area contributed by atoms with E-state index in [4.69, 9.17) is 14.2 Å². The molecule has 0 radical (unpaired) electrons. The van der Waals surface area contributed by atoms with Gasteiger partial charge >= 0.3 is 5.97 Å². The largest absolute Gasteiger partial charge is 0.493 e. The van der Waals surface area contributed by atoms with E-state index < -0.39 is 16.8 Å². The topological polar surface area (TPSA) is 94.1 Å². The Morgan fingerprint density at radius 2 is 1.62 bits per heavy atom. The number of carboxylic acids is 1. The maximum atomic E-state index is 13.6. The molecule has 1 amide bonds. The lowest BCUT2D eigenvalue weighted by atomic mass is 9.65. The van der Waals surface area contributed by atoms with Crippen molar-refractivity contribution in [3.05, 3.63) is 23.8 Å². The first-order valence-corrected chi connectivity index (χ1v) is 14.9. The Hall–Kier alpha value is -2.28. The van der Waals surface area contributed by atoms with Gasteiger partial charge < -0.3 is 24.6 Å². The van der Waals surface area contributed by atoms with Crippen LogP contribution in [0, 0.1) is 22.7 Å². The standard InChI is InChI=1S/C32H53NO6/c1-24(2)32(25(3)4,29(34)33-23-31(30(35)36)17-11-12-18-31)19-10-8-7-9-14-26-15-16-27(38-6)28(22-26)39-21-13-20-37-5/h15-16,22,24-25H,7-14,17-21,23H2,1-6H3,(H,33,34)(H,35,36). The first kappa shape index (κ1) is 32.9. The molecule has 2 rings (SSSR count). The molecule has 0 spiro atoms. The number of carboxylic acid groups (broad SMARTS) is 1. The molecule has 0 saturated heterocycles. The summed E-state index contributed by atoms with van der Waals surface area (Å²) in [6, 6.07) is 6.15. The van der Waals surface area contributed by atoms with E-state index in [0.717, 1.165) is 69.3 Å². The van der Waals surface area contributed by atoms with Gasteiger partial charge in [0.2, 0.25) is 5.91 Å². The highest BCUT2D eigenvalue weighted by Gasteiger charge is 2.46. The average Bonchev–Trinajstić information content (AvgIpc) is 3.39. The van der Waals surface area contributed by atoms with Gasteiger partial charge in [0, 0.05) is 26.7 Å². The minimum absolute atomic E-state index is 0.0243. The summed E-state index contributed by atoms with van der Waals surface area (Å²) in [6.45, 7) is 10.00. The fraction of sp³-hybridized carbons (Fsp3) is 0.750. The minimum Gasteiger partial charge on any atom is -0.493 e. The number of amides is 1. The van der Waals surface area contributed by atoms with Crippen LogP contribution in [0.15, 0.2) is 18.2 Å². The molecule has 0 aliphatic heterocycles. The summed E-state index contributed by atoms with van der Waals surface area (Å²) in [7, 11) is 3.35. The number of benzene rings is 1. The zero-order chi connectivity index (χ0) is 28.9. The summed E-state index contributed by atoms with van der Waals surface area (Å²) in [4.78, 5) is 25.6. The Morgan fingerprint density at radius 1 is 0.949 bits per heavy atom. The number of aliphatic carboxylic acids is 1. The second-order valence-corrected chi connectivity index (χ2v) is 11.9. The summed E-state index contributed by atoms with van der Waals surface area (Å²) in [6.07, 6.45) is 9.94. The van der Waals surface area contributed by atoms with Gasteiger partial charge in [0.1, 0.15) is 0 Å². The fourth-order valence-electron chi connectivity index (χ4n) is 6.29. The monoisotopic (exact) mass is 547 g/mol. The number of hydrogen-bond acceptors (Lipinski definition) is 5. The number of rotatable bonds is 19. The molecule has 0 heterocycles. The van der Waals surface area contributed by atoms with E-state index in [2.05, 4.69) is 45.1 Å². The van der Waals surface area contributed by atoms with E-state index in [-0.39, 0.29) is 24.3 Å². The molecule has 1 fully saturated rings. The Bertz CT molecular complexity index is 883. The molecule has 1 aromatic rings. The van der Waals surface area contributed by atoms with Crippen LogP contribution < -0.4 is 14.8 Å². The summed E-state index contributed by atoms with van der Waals surface area (Å²) in [5.74, 6) is 1.11. The molecule has 1 aromatic carbocycles. The Kier molecular flexibility index (Phi) is 13.6. The van der Waals surface area contributed by atoms with Gasteiger partial charge in [-0.3, -0.25) is 9.59 Å². The van der Waals surface area contributed by atoms with E-state index in [1.165, 1.54) is 5.56 Å². The van der Waals surface area contributed by atoms with Crippen molar-refractivity contribution in [3.63, 3.8) is 0 Å². The summed E-state index contributed by atoms with van der Waals surface area (Å²) in [5.41, 5.74) is -0.0653. The van der Waals surface area contributed by atoms with Gasteiger partial charge in [0.05, 0.1) is 24.5 Å². The molecule has 222 valence electrons. The smallest absolute Gasteiger partial charge is 0.311 e. The second-order valence-electron chi connectivity index (χ2n) is 11.9. The quantitative estimate of drug-likeness (QED) is 0.188. The minimum atomic E-state index is -0.800. The molecule has 7 heteroatoms. The van der Waals surface area contributed by atoms with Crippen molar-refractivity contribution in [3.8, 4) is 11.5 Å². The molecule has 2 N–H and O–H groups in total. The third-order valence-electron chi connectivity index (χ3n) is 8.87. The number of carbonyl (C=O) groups excluding carboxylic acids is 1. The van der Waals surface area contributed by atoms with Crippen LogP contribution >= 0.6 is 0 Å². The van der Waals surface area contributed by atoms with Crippen LogP contribution in [0.2, 0.25) is 0 Å². The van der Waals surface area contributed by atoms with Crippen molar-refractivity contribution in [1.29, 1.82) is 0 Å². The Labute approximate surface area is 236 Å². The fourth-order valence-corrected chi connectivity index (χ4v) is 6.29. The number of hydrogen-bond donors (Lipinski definition) is 2. The molecule has 0 unspecified atom stereocenters. The Morgan fingerprint density at radius 3 is 2.21 bits per heavy atom. The van der Waals surface area contributed by atoms with Crippen LogP contribution in [-0.4, -0.2) is 51.0 Å². The number of ether oxygens (including phenoxy) is 3. The summed E-state index contributed by atoms with van der Waals surface area (Å²) < 4.78 is 16.5. The van der Waals surface area contributed by atoms with Gasteiger partial charge in [-0.15, -0.1) is 0 Å². The van der Waals surface area contributed by atoms with Gasteiger partial charge in [-0.25, -0.2) is 0 Å².